The van der Waals surface area contributed by atoms with E-state index in [-0.39, 0.29) is 6.04 Å². The van der Waals surface area contributed by atoms with Gasteiger partial charge in [-0.2, -0.15) is 0 Å². The molecule has 3 nitrogen and oxygen atoms in total. The molecule has 56 valence electrons. The molecule has 1 rings (SSSR count). The third-order valence-electron chi connectivity index (χ3n) is 1.39. The second-order valence-corrected chi connectivity index (χ2v) is 2.55. The SMILES string of the molecule is C[C@@H](N)CCc1ncc[nH]1. The molecular formula is C7H13N3. The van der Waals surface area contributed by atoms with Crippen LogP contribution in [0.25, 0.3) is 0 Å². The molecule has 0 saturated carbocycles. The maximum absolute atomic E-state index is 5.57. The van der Waals surface area contributed by atoms with Gasteiger partial charge in [0.1, 0.15) is 5.82 Å². The summed E-state index contributed by atoms with van der Waals surface area (Å²) in [5, 5.41) is 0. The lowest BCUT2D eigenvalue weighted by Crippen LogP contribution is -2.15. The fourth-order valence-corrected chi connectivity index (χ4v) is 0.799. The molecular weight excluding hydrogens is 126 g/mol. The van der Waals surface area contributed by atoms with Gasteiger partial charge in [0.15, 0.2) is 0 Å². The quantitative estimate of drug-likeness (QED) is 0.647. The molecule has 1 aromatic heterocycles. The predicted octanol–water partition coefficient (Wildman–Crippen LogP) is 0.690. The zero-order valence-electron chi connectivity index (χ0n) is 6.17. The largest absolute Gasteiger partial charge is 0.349 e. The van der Waals surface area contributed by atoms with Crippen LogP contribution in [-0.4, -0.2) is 16.0 Å². The van der Waals surface area contributed by atoms with E-state index in [1.54, 1.807) is 6.20 Å². The topological polar surface area (TPSA) is 54.7 Å². The highest BCUT2D eigenvalue weighted by atomic mass is 14.9. The van der Waals surface area contributed by atoms with Gasteiger partial charge in [0.25, 0.3) is 0 Å². The summed E-state index contributed by atoms with van der Waals surface area (Å²) in [6, 6.07) is 0.269. The minimum atomic E-state index is 0.269. The Bertz CT molecular complexity index is 167. The van der Waals surface area contributed by atoms with Crippen LogP contribution in [0.5, 0.6) is 0 Å². The van der Waals surface area contributed by atoms with E-state index in [4.69, 9.17) is 5.73 Å². The van der Waals surface area contributed by atoms with Crippen LogP contribution in [0.1, 0.15) is 19.2 Å². The van der Waals surface area contributed by atoms with Crippen LogP contribution in [0.4, 0.5) is 0 Å². The molecule has 0 aliphatic carbocycles. The summed E-state index contributed by atoms with van der Waals surface area (Å²) in [5.74, 6) is 1.03. The highest BCUT2D eigenvalue weighted by molar-refractivity contribution is 4.87. The highest BCUT2D eigenvalue weighted by Gasteiger charge is 1.96. The average Bonchev–Trinajstić information content (AvgIpc) is 2.34. The van der Waals surface area contributed by atoms with Gasteiger partial charge >= 0.3 is 0 Å². The number of aromatic amines is 1. The van der Waals surface area contributed by atoms with E-state index in [0.717, 1.165) is 18.7 Å². The van der Waals surface area contributed by atoms with Crippen LogP contribution < -0.4 is 5.73 Å². The van der Waals surface area contributed by atoms with Gasteiger partial charge in [0, 0.05) is 24.9 Å². The van der Waals surface area contributed by atoms with Crippen molar-refractivity contribution in [3.63, 3.8) is 0 Å². The van der Waals surface area contributed by atoms with Crippen LogP contribution in [0.15, 0.2) is 12.4 Å². The number of hydrogen-bond donors (Lipinski definition) is 2. The number of hydrogen-bond acceptors (Lipinski definition) is 2. The number of nitrogens with one attached hydrogen (secondary N) is 1. The monoisotopic (exact) mass is 139 g/mol. The molecule has 0 bridgehead atoms. The molecule has 0 aliphatic rings. The summed E-state index contributed by atoms with van der Waals surface area (Å²) in [6.07, 6.45) is 5.53. The number of imidazole rings is 1. The smallest absolute Gasteiger partial charge is 0.106 e. The summed E-state index contributed by atoms with van der Waals surface area (Å²) in [6.45, 7) is 2.00. The Morgan fingerprint density at radius 3 is 3.10 bits per heavy atom. The number of nitrogens with two attached hydrogens (primary N) is 1. The molecule has 0 saturated heterocycles. The molecule has 0 aromatic carbocycles. The molecule has 1 heterocycles. The van der Waals surface area contributed by atoms with Crippen LogP contribution in [-0.2, 0) is 6.42 Å². The predicted molar refractivity (Wildman–Crippen MR) is 40.6 cm³/mol. The number of H-pyrrole nitrogens is 1. The summed E-state index contributed by atoms with van der Waals surface area (Å²) in [7, 11) is 0. The van der Waals surface area contributed by atoms with Gasteiger partial charge < -0.3 is 10.7 Å². The first-order chi connectivity index (χ1) is 4.79. The molecule has 10 heavy (non-hydrogen) atoms. The van der Waals surface area contributed by atoms with Crippen LogP contribution in [0.3, 0.4) is 0 Å². The highest BCUT2D eigenvalue weighted by Crippen LogP contribution is 1.96. The summed E-state index contributed by atoms with van der Waals surface area (Å²) < 4.78 is 0. The van der Waals surface area contributed by atoms with Gasteiger partial charge in [-0.25, -0.2) is 4.98 Å². The van der Waals surface area contributed by atoms with Crippen molar-refractivity contribution in [3.05, 3.63) is 18.2 Å². The maximum atomic E-state index is 5.57. The molecule has 1 aromatic rings. The lowest BCUT2D eigenvalue weighted by Gasteiger charge is -2.00. The van der Waals surface area contributed by atoms with Crippen molar-refractivity contribution >= 4 is 0 Å². The number of rotatable bonds is 3. The minimum Gasteiger partial charge on any atom is -0.349 e. The molecule has 0 aliphatic heterocycles. The van der Waals surface area contributed by atoms with Crippen molar-refractivity contribution in [2.75, 3.05) is 0 Å². The van der Waals surface area contributed by atoms with E-state index < -0.39 is 0 Å². The first-order valence-corrected chi connectivity index (χ1v) is 3.53. The van der Waals surface area contributed by atoms with E-state index in [9.17, 15) is 0 Å². The van der Waals surface area contributed by atoms with Crippen molar-refractivity contribution in [2.24, 2.45) is 5.73 Å². The second kappa shape index (κ2) is 3.37. The summed E-state index contributed by atoms with van der Waals surface area (Å²) in [5.41, 5.74) is 5.57. The molecule has 0 unspecified atom stereocenters. The Morgan fingerprint density at radius 1 is 1.80 bits per heavy atom. The van der Waals surface area contributed by atoms with Gasteiger partial charge in [-0.15, -0.1) is 0 Å². The molecule has 1 atom stereocenters. The molecule has 0 radical (unpaired) electrons. The normalized spacial score (nSPS) is 13.4. The molecule has 3 heteroatoms. The van der Waals surface area contributed by atoms with Gasteiger partial charge in [-0.1, -0.05) is 0 Å². The Kier molecular flexibility index (Phi) is 2.45. The fourth-order valence-electron chi connectivity index (χ4n) is 0.799. The van der Waals surface area contributed by atoms with Crippen molar-refractivity contribution in [1.82, 2.24) is 9.97 Å². The van der Waals surface area contributed by atoms with Crippen LogP contribution in [0.2, 0.25) is 0 Å². The summed E-state index contributed by atoms with van der Waals surface area (Å²) in [4.78, 5) is 7.10. The first-order valence-electron chi connectivity index (χ1n) is 3.53. The van der Waals surface area contributed by atoms with Gasteiger partial charge in [-0.3, -0.25) is 0 Å². The molecule has 3 N–H and O–H groups in total. The van der Waals surface area contributed by atoms with Crippen LogP contribution >= 0.6 is 0 Å². The lowest BCUT2D eigenvalue weighted by molar-refractivity contribution is 0.651. The zero-order chi connectivity index (χ0) is 7.40. The van der Waals surface area contributed by atoms with Crippen molar-refractivity contribution < 1.29 is 0 Å². The molecule has 0 fully saturated rings. The maximum Gasteiger partial charge on any atom is 0.106 e. The van der Waals surface area contributed by atoms with Gasteiger partial charge in [-0.05, 0) is 13.3 Å². The first kappa shape index (κ1) is 7.28. The van der Waals surface area contributed by atoms with Gasteiger partial charge in [0.05, 0.1) is 0 Å². The number of nitrogens with zero attached hydrogens (tertiary/aromatic N) is 1. The Balaban J connectivity index is 2.28. The zero-order valence-corrected chi connectivity index (χ0v) is 6.17. The molecule has 0 spiro atoms. The second-order valence-electron chi connectivity index (χ2n) is 2.55. The van der Waals surface area contributed by atoms with Crippen molar-refractivity contribution in [3.8, 4) is 0 Å². The van der Waals surface area contributed by atoms with E-state index in [2.05, 4.69) is 9.97 Å². The van der Waals surface area contributed by atoms with Crippen LogP contribution in [0, 0.1) is 0 Å². The standard InChI is InChI=1S/C7H13N3/c1-6(8)2-3-7-9-4-5-10-7/h4-6H,2-3,8H2,1H3,(H,9,10)/t6-/m1/s1. The number of aryl methyl sites for hydroxylation is 1. The van der Waals surface area contributed by atoms with E-state index in [1.165, 1.54) is 0 Å². The Hall–Kier alpha value is -0.830. The third-order valence-corrected chi connectivity index (χ3v) is 1.39. The van der Waals surface area contributed by atoms with Crippen molar-refractivity contribution in [1.29, 1.82) is 0 Å². The average molecular weight is 139 g/mol. The van der Waals surface area contributed by atoms with E-state index in [0.29, 0.717) is 0 Å². The lowest BCUT2D eigenvalue weighted by atomic mass is 10.2. The van der Waals surface area contributed by atoms with Crippen molar-refractivity contribution in [2.45, 2.75) is 25.8 Å². The number of aromatic nitrogens is 2. The van der Waals surface area contributed by atoms with Gasteiger partial charge in [0.2, 0.25) is 0 Å². The fraction of sp³-hybridized carbons (Fsp3) is 0.571. The summed E-state index contributed by atoms with van der Waals surface area (Å²) >= 11 is 0. The Labute approximate surface area is 60.7 Å². The van der Waals surface area contributed by atoms with E-state index in [1.807, 2.05) is 13.1 Å². The Morgan fingerprint density at radius 2 is 2.60 bits per heavy atom. The van der Waals surface area contributed by atoms with E-state index >= 15 is 0 Å². The minimum absolute atomic E-state index is 0.269. The molecule has 0 amide bonds. The third kappa shape index (κ3) is 2.19.